The molecular formula is C19H26N2O2. The highest BCUT2D eigenvalue weighted by Crippen LogP contribution is 2.23. The molecule has 1 unspecified atom stereocenters. The molecule has 0 bridgehead atoms. The van der Waals surface area contributed by atoms with Gasteiger partial charge in [0.15, 0.2) is 0 Å². The normalized spacial score (nSPS) is 11.8. The van der Waals surface area contributed by atoms with Gasteiger partial charge in [0.05, 0.1) is 13.7 Å². The Morgan fingerprint density at radius 3 is 2.09 bits per heavy atom. The van der Waals surface area contributed by atoms with Crippen LogP contribution in [0.5, 0.6) is 11.5 Å². The van der Waals surface area contributed by atoms with E-state index in [0.717, 1.165) is 17.9 Å². The Labute approximate surface area is 138 Å². The summed E-state index contributed by atoms with van der Waals surface area (Å²) < 4.78 is 10.9. The fourth-order valence-electron chi connectivity index (χ4n) is 2.46. The maximum atomic E-state index is 5.94. The Kier molecular flexibility index (Phi) is 6.29. The van der Waals surface area contributed by atoms with Crippen molar-refractivity contribution in [1.82, 2.24) is 0 Å². The van der Waals surface area contributed by atoms with Crippen LogP contribution in [0.1, 0.15) is 17.9 Å². The summed E-state index contributed by atoms with van der Waals surface area (Å²) in [5, 5.41) is 0. The van der Waals surface area contributed by atoms with Gasteiger partial charge in [0.1, 0.15) is 11.5 Å². The molecule has 0 radical (unpaired) electrons. The third-order valence-corrected chi connectivity index (χ3v) is 3.96. The van der Waals surface area contributed by atoms with E-state index in [0.29, 0.717) is 19.1 Å². The predicted octanol–water partition coefficient (Wildman–Crippen LogP) is 3.27. The van der Waals surface area contributed by atoms with Gasteiger partial charge in [0.2, 0.25) is 0 Å². The molecule has 2 N–H and O–H groups in total. The summed E-state index contributed by atoms with van der Waals surface area (Å²) in [6.45, 7) is 1.26. The summed E-state index contributed by atoms with van der Waals surface area (Å²) in [5.74, 6) is 1.99. The SMILES string of the molecule is COc1ccc(OCCC(CN)c2ccc(N(C)C)cc2)cc1. The lowest BCUT2D eigenvalue weighted by molar-refractivity contribution is 0.297. The van der Waals surface area contributed by atoms with Crippen molar-refractivity contribution in [3.63, 3.8) is 0 Å². The number of nitrogens with zero attached hydrogens (tertiary/aromatic N) is 1. The molecule has 4 nitrogen and oxygen atoms in total. The van der Waals surface area contributed by atoms with Gasteiger partial charge in [0, 0.05) is 19.8 Å². The zero-order chi connectivity index (χ0) is 16.7. The Balaban J connectivity index is 1.88. The molecule has 0 heterocycles. The van der Waals surface area contributed by atoms with Gasteiger partial charge in [-0.05, 0) is 60.8 Å². The highest BCUT2D eigenvalue weighted by Gasteiger charge is 2.10. The van der Waals surface area contributed by atoms with E-state index < -0.39 is 0 Å². The average molecular weight is 314 g/mol. The molecule has 0 spiro atoms. The van der Waals surface area contributed by atoms with Crippen molar-refractivity contribution in [2.75, 3.05) is 39.3 Å². The molecule has 0 aliphatic heterocycles. The van der Waals surface area contributed by atoms with E-state index in [1.165, 1.54) is 11.3 Å². The van der Waals surface area contributed by atoms with Crippen molar-refractivity contribution in [1.29, 1.82) is 0 Å². The van der Waals surface area contributed by atoms with Crippen molar-refractivity contribution in [3.8, 4) is 11.5 Å². The Bertz CT molecular complexity index is 579. The quantitative estimate of drug-likeness (QED) is 0.812. The summed E-state index contributed by atoms with van der Waals surface area (Å²) in [6.07, 6.45) is 0.893. The van der Waals surface area contributed by atoms with E-state index in [-0.39, 0.29) is 0 Å². The zero-order valence-electron chi connectivity index (χ0n) is 14.2. The van der Waals surface area contributed by atoms with Crippen LogP contribution in [-0.2, 0) is 0 Å². The van der Waals surface area contributed by atoms with Crippen LogP contribution in [0.3, 0.4) is 0 Å². The summed E-state index contributed by atoms with van der Waals surface area (Å²) >= 11 is 0. The van der Waals surface area contributed by atoms with E-state index in [4.69, 9.17) is 15.2 Å². The van der Waals surface area contributed by atoms with E-state index >= 15 is 0 Å². The number of hydrogen-bond acceptors (Lipinski definition) is 4. The van der Waals surface area contributed by atoms with E-state index in [1.807, 2.05) is 38.4 Å². The van der Waals surface area contributed by atoms with Gasteiger partial charge in [0.25, 0.3) is 0 Å². The highest BCUT2D eigenvalue weighted by molar-refractivity contribution is 5.46. The molecule has 0 saturated heterocycles. The second-order valence-corrected chi connectivity index (χ2v) is 5.73. The fraction of sp³-hybridized carbons (Fsp3) is 0.368. The van der Waals surface area contributed by atoms with Crippen molar-refractivity contribution in [2.45, 2.75) is 12.3 Å². The number of hydrogen-bond donors (Lipinski definition) is 1. The lowest BCUT2D eigenvalue weighted by Crippen LogP contribution is -2.16. The van der Waals surface area contributed by atoms with Gasteiger partial charge in [-0.1, -0.05) is 12.1 Å². The minimum Gasteiger partial charge on any atom is -0.497 e. The van der Waals surface area contributed by atoms with Crippen molar-refractivity contribution in [3.05, 3.63) is 54.1 Å². The van der Waals surface area contributed by atoms with Gasteiger partial charge in [-0.15, -0.1) is 0 Å². The molecule has 2 aromatic carbocycles. The maximum Gasteiger partial charge on any atom is 0.119 e. The van der Waals surface area contributed by atoms with Gasteiger partial charge in [-0.2, -0.15) is 0 Å². The van der Waals surface area contributed by atoms with Crippen LogP contribution in [0.25, 0.3) is 0 Å². The van der Waals surface area contributed by atoms with Crippen LogP contribution >= 0.6 is 0 Å². The first-order valence-corrected chi connectivity index (χ1v) is 7.88. The van der Waals surface area contributed by atoms with E-state index in [9.17, 15) is 0 Å². The topological polar surface area (TPSA) is 47.7 Å². The third-order valence-electron chi connectivity index (χ3n) is 3.96. The summed E-state index contributed by atoms with van der Waals surface area (Å²) in [5.41, 5.74) is 8.39. The molecule has 0 aliphatic carbocycles. The summed E-state index contributed by atoms with van der Waals surface area (Å²) in [7, 11) is 5.74. The Morgan fingerprint density at radius 2 is 1.57 bits per heavy atom. The zero-order valence-corrected chi connectivity index (χ0v) is 14.2. The molecule has 0 fully saturated rings. The Morgan fingerprint density at radius 1 is 0.957 bits per heavy atom. The smallest absolute Gasteiger partial charge is 0.119 e. The largest absolute Gasteiger partial charge is 0.497 e. The van der Waals surface area contributed by atoms with Gasteiger partial charge in [-0.3, -0.25) is 0 Å². The maximum absolute atomic E-state index is 5.94. The first-order valence-electron chi connectivity index (χ1n) is 7.88. The van der Waals surface area contributed by atoms with Crippen LogP contribution in [0.15, 0.2) is 48.5 Å². The average Bonchev–Trinajstić information content (AvgIpc) is 2.59. The third kappa shape index (κ3) is 4.89. The highest BCUT2D eigenvalue weighted by atomic mass is 16.5. The molecule has 4 heteroatoms. The molecule has 2 rings (SSSR count). The second kappa shape index (κ2) is 8.44. The standard InChI is InChI=1S/C19H26N2O2/c1-21(2)17-6-4-15(5-7-17)16(14-20)12-13-23-19-10-8-18(22-3)9-11-19/h4-11,16H,12-14,20H2,1-3H3. The first-order chi connectivity index (χ1) is 11.1. The van der Waals surface area contributed by atoms with E-state index in [1.54, 1.807) is 7.11 Å². The number of anilines is 1. The molecule has 124 valence electrons. The monoisotopic (exact) mass is 314 g/mol. The van der Waals surface area contributed by atoms with Crippen molar-refractivity contribution >= 4 is 5.69 Å². The minimum atomic E-state index is 0.310. The molecule has 23 heavy (non-hydrogen) atoms. The number of rotatable bonds is 8. The van der Waals surface area contributed by atoms with Crippen LogP contribution in [-0.4, -0.2) is 34.4 Å². The lowest BCUT2D eigenvalue weighted by Gasteiger charge is -2.18. The first kappa shape index (κ1) is 17.2. The molecule has 1 atom stereocenters. The van der Waals surface area contributed by atoms with Gasteiger partial charge >= 0.3 is 0 Å². The fourth-order valence-corrected chi connectivity index (χ4v) is 2.46. The van der Waals surface area contributed by atoms with Crippen molar-refractivity contribution in [2.24, 2.45) is 5.73 Å². The number of benzene rings is 2. The number of ether oxygens (including phenoxy) is 2. The van der Waals surface area contributed by atoms with Crippen LogP contribution in [0.2, 0.25) is 0 Å². The molecule has 0 aliphatic rings. The second-order valence-electron chi connectivity index (χ2n) is 5.73. The number of methoxy groups -OCH3 is 1. The van der Waals surface area contributed by atoms with Crippen LogP contribution in [0, 0.1) is 0 Å². The number of nitrogens with two attached hydrogens (primary N) is 1. The summed E-state index contributed by atoms with van der Waals surface area (Å²) in [4.78, 5) is 2.09. The summed E-state index contributed by atoms with van der Waals surface area (Å²) in [6, 6.07) is 16.2. The van der Waals surface area contributed by atoms with Crippen LogP contribution in [0.4, 0.5) is 5.69 Å². The van der Waals surface area contributed by atoms with Crippen LogP contribution < -0.4 is 20.1 Å². The predicted molar refractivity (Wildman–Crippen MR) is 95.7 cm³/mol. The van der Waals surface area contributed by atoms with Crippen molar-refractivity contribution < 1.29 is 9.47 Å². The minimum absolute atomic E-state index is 0.310. The Hall–Kier alpha value is -2.20. The molecule has 0 aromatic heterocycles. The van der Waals surface area contributed by atoms with E-state index in [2.05, 4.69) is 29.2 Å². The lowest BCUT2D eigenvalue weighted by atomic mass is 9.96. The van der Waals surface area contributed by atoms with Gasteiger partial charge < -0.3 is 20.1 Å². The molecule has 0 amide bonds. The molecule has 0 saturated carbocycles. The molecular weight excluding hydrogens is 288 g/mol. The van der Waals surface area contributed by atoms with Gasteiger partial charge in [-0.25, -0.2) is 0 Å². The molecule has 2 aromatic rings.